The maximum absolute atomic E-state index is 12.1. The first-order valence-electron chi connectivity index (χ1n) is 6.20. The van der Waals surface area contributed by atoms with E-state index in [1.54, 1.807) is 22.9 Å². The zero-order valence-electron chi connectivity index (χ0n) is 11.1. The van der Waals surface area contributed by atoms with Crippen LogP contribution in [-0.2, 0) is 0 Å². The van der Waals surface area contributed by atoms with Crippen LogP contribution in [0.5, 0.6) is 5.75 Å². The number of ether oxygens (including phenoxy) is 1. The second-order valence-corrected chi connectivity index (χ2v) is 4.53. The molecule has 2 aromatic heterocycles. The number of nitrogens with two attached hydrogens (primary N) is 1. The van der Waals surface area contributed by atoms with E-state index in [1.165, 1.54) is 12.1 Å². The van der Waals surface area contributed by atoms with Crippen LogP contribution in [0, 0.1) is 6.92 Å². The van der Waals surface area contributed by atoms with Crippen molar-refractivity contribution >= 4 is 17.1 Å². The number of alkyl halides is 2. The summed E-state index contributed by atoms with van der Waals surface area (Å²) in [6.45, 7) is -0.933. The molecule has 0 aliphatic heterocycles. The van der Waals surface area contributed by atoms with Gasteiger partial charge in [0.15, 0.2) is 5.65 Å². The molecule has 21 heavy (non-hydrogen) atoms. The summed E-state index contributed by atoms with van der Waals surface area (Å²) in [6, 6.07) is 8.01. The molecule has 0 radical (unpaired) electrons. The number of benzene rings is 1. The maximum Gasteiger partial charge on any atom is 0.387 e. The van der Waals surface area contributed by atoms with Gasteiger partial charge in [-0.15, -0.1) is 0 Å². The van der Waals surface area contributed by atoms with Gasteiger partial charge in [0.2, 0.25) is 5.95 Å². The van der Waals surface area contributed by atoms with Gasteiger partial charge in [-0.2, -0.15) is 8.78 Å². The standard InChI is InChI=1S/C14H12F2N4O/c1-8-6-11-12(18-7-8)20(14(17)19-11)9-2-4-10(5-3-9)21-13(15)16/h2-7,13H,1H3,(H2,17,19). The fourth-order valence-corrected chi connectivity index (χ4v) is 2.11. The third-order valence-corrected chi connectivity index (χ3v) is 2.98. The first kappa shape index (κ1) is 13.3. The third-order valence-electron chi connectivity index (χ3n) is 2.98. The molecule has 0 bridgehead atoms. The van der Waals surface area contributed by atoms with Crippen LogP contribution < -0.4 is 10.5 Å². The molecular formula is C14H12F2N4O. The lowest BCUT2D eigenvalue weighted by Crippen LogP contribution is -2.03. The lowest BCUT2D eigenvalue weighted by Gasteiger charge is -2.08. The first-order chi connectivity index (χ1) is 10.0. The second kappa shape index (κ2) is 5.01. The van der Waals surface area contributed by atoms with Gasteiger partial charge in [0, 0.05) is 6.20 Å². The van der Waals surface area contributed by atoms with Crippen LogP contribution >= 0.6 is 0 Å². The van der Waals surface area contributed by atoms with Crippen LogP contribution in [0.25, 0.3) is 16.9 Å². The number of anilines is 1. The van der Waals surface area contributed by atoms with Gasteiger partial charge in [0.1, 0.15) is 11.3 Å². The minimum Gasteiger partial charge on any atom is -0.435 e. The molecule has 0 fully saturated rings. The number of halogens is 2. The van der Waals surface area contributed by atoms with Crippen LogP contribution in [0.3, 0.4) is 0 Å². The van der Waals surface area contributed by atoms with Gasteiger partial charge < -0.3 is 10.5 Å². The zero-order valence-corrected chi connectivity index (χ0v) is 11.1. The van der Waals surface area contributed by atoms with Crippen molar-refractivity contribution in [3.8, 4) is 11.4 Å². The second-order valence-electron chi connectivity index (χ2n) is 4.53. The average molecular weight is 290 g/mol. The number of pyridine rings is 1. The summed E-state index contributed by atoms with van der Waals surface area (Å²) in [5.41, 5.74) is 8.86. The van der Waals surface area contributed by atoms with Gasteiger partial charge in [-0.05, 0) is 42.8 Å². The highest BCUT2D eigenvalue weighted by atomic mass is 19.3. The van der Waals surface area contributed by atoms with E-state index in [0.717, 1.165) is 5.56 Å². The minimum atomic E-state index is -2.85. The van der Waals surface area contributed by atoms with Crippen LogP contribution in [0.15, 0.2) is 36.5 Å². The number of imidazole rings is 1. The molecule has 0 saturated heterocycles. The van der Waals surface area contributed by atoms with E-state index in [1.807, 2.05) is 13.0 Å². The number of hydrogen-bond acceptors (Lipinski definition) is 4. The molecule has 0 spiro atoms. The molecule has 0 aliphatic rings. The summed E-state index contributed by atoms with van der Waals surface area (Å²) >= 11 is 0. The summed E-state index contributed by atoms with van der Waals surface area (Å²) in [4.78, 5) is 8.57. The first-order valence-corrected chi connectivity index (χ1v) is 6.20. The molecule has 0 amide bonds. The van der Waals surface area contributed by atoms with Crippen molar-refractivity contribution in [1.29, 1.82) is 0 Å². The highest BCUT2D eigenvalue weighted by Crippen LogP contribution is 2.24. The van der Waals surface area contributed by atoms with Gasteiger partial charge in [-0.1, -0.05) is 0 Å². The van der Waals surface area contributed by atoms with Gasteiger partial charge in [0.25, 0.3) is 0 Å². The van der Waals surface area contributed by atoms with E-state index < -0.39 is 6.61 Å². The Morgan fingerprint density at radius 3 is 2.62 bits per heavy atom. The highest BCUT2D eigenvalue weighted by molar-refractivity contribution is 5.77. The van der Waals surface area contributed by atoms with Gasteiger partial charge in [-0.25, -0.2) is 9.97 Å². The van der Waals surface area contributed by atoms with Gasteiger partial charge in [0.05, 0.1) is 5.69 Å². The number of fused-ring (bicyclic) bond motifs is 1. The molecule has 0 atom stereocenters. The van der Waals surface area contributed by atoms with Gasteiger partial charge in [-0.3, -0.25) is 4.57 Å². The molecule has 0 aliphatic carbocycles. The molecular weight excluding hydrogens is 278 g/mol. The van der Waals surface area contributed by atoms with E-state index in [0.29, 0.717) is 16.9 Å². The smallest absolute Gasteiger partial charge is 0.387 e. The summed E-state index contributed by atoms with van der Waals surface area (Å²) < 4.78 is 30.2. The Kier molecular flexibility index (Phi) is 3.17. The summed E-state index contributed by atoms with van der Waals surface area (Å²) in [7, 11) is 0. The number of hydrogen-bond donors (Lipinski definition) is 1. The molecule has 0 saturated carbocycles. The van der Waals surface area contributed by atoms with Crippen LogP contribution in [-0.4, -0.2) is 21.1 Å². The number of nitrogens with zero attached hydrogens (tertiary/aromatic N) is 3. The molecule has 5 nitrogen and oxygen atoms in total. The number of rotatable bonds is 3. The van der Waals surface area contributed by atoms with Crippen molar-refractivity contribution in [2.45, 2.75) is 13.5 Å². The number of nitrogen functional groups attached to an aromatic ring is 1. The number of aryl methyl sites for hydroxylation is 1. The summed E-state index contributed by atoms with van der Waals surface area (Å²) in [6.07, 6.45) is 1.72. The fourth-order valence-electron chi connectivity index (χ4n) is 2.11. The van der Waals surface area contributed by atoms with Crippen molar-refractivity contribution in [2.75, 3.05) is 5.73 Å². The minimum absolute atomic E-state index is 0.0838. The predicted molar refractivity (Wildman–Crippen MR) is 74.6 cm³/mol. The Morgan fingerprint density at radius 1 is 1.24 bits per heavy atom. The molecule has 2 N–H and O–H groups in total. The van der Waals surface area contributed by atoms with E-state index in [4.69, 9.17) is 5.73 Å². The molecule has 3 rings (SSSR count). The molecule has 3 aromatic rings. The topological polar surface area (TPSA) is 66.0 Å². The normalized spacial score (nSPS) is 11.2. The Morgan fingerprint density at radius 2 is 1.95 bits per heavy atom. The highest BCUT2D eigenvalue weighted by Gasteiger charge is 2.12. The predicted octanol–water partition coefficient (Wildman–Crippen LogP) is 2.91. The Hall–Kier alpha value is -2.70. The molecule has 2 heterocycles. The lowest BCUT2D eigenvalue weighted by molar-refractivity contribution is -0.0498. The van der Waals surface area contributed by atoms with E-state index in [-0.39, 0.29) is 11.7 Å². The van der Waals surface area contributed by atoms with Crippen molar-refractivity contribution in [3.63, 3.8) is 0 Å². The van der Waals surface area contributed by atoms with Crippen molar-refractivity contribution in [2.24, 2.45) is 0 Å². The van der Waals surface area contributed by atoms with E-state index >= 15 is 0 Å². The molecule has 1 aromatic carbocycles. The van der Waals surface area contributed by atoms with Crippen LogP contribution in [0.4, 0.5) is 14.7 Å². The zero-order chi connectivity index (χ0) is 15.0. The fraction of sp³-hybridized carbons (Fsp3) is 0.143. The van der Waals surface area contributed by atoms with Crippen molar-refractivity contribution in [1.82, 2.24) is 14.5 Å². The van der Waals surface area contributed by atoms with Crippen LogP contribution in [0.2, 0.25) is 0 Å². The summed E-state index contributed by atoms with van der Waals surface area (Å²) in [5, 5.41) is 0. The largest absolute Gasteiger partial charge is 0.435 e. The quantitative estimate of drug-likeness (QED) is 0.805. The van der Waals surface area contributed by atoms with Gasteiger partial charge >= 0.3 is 6.61 Å². The Labute approximate surface area is 119 Å². The average Bonchev–Trinajstić information content (AvgIpc) is 2.74. The third kappa shape index (κ3) is 2.49. The van der Waals surface area contributed by atoms with Crippen LogP contribution in [0.1, 0.15) is 5.56 Å². The van der Waals surface area contributed by atoms with E-state index in [2.05, 4.69) is 14.7 Å². The van der Waals surface area contributed by atoms with Crippen molar-refractivity contribution in [3.05, 3.63) is 42.1 Å². The molecule has 7 heteroatoms. The maximum atomic E-state index is 12.1. The number of aromatic nitrogens is 3. The Balaban J connectivity index is 2.05. The lowest BCUT2D eigenvalue weighted by atomic mass is 10.3. The molecule has 0 unspecified atom stereocenters. The Bertz CT molecular complexity index is 784. The molecule has 108 valence electrons. The van der Waals surface area contributed by atoms with E-state index in [9.17, 15) is 8.78 Å². The van der Waals surface area contributed by atoms with Crippen molar-refractivity contribution < 1.29 is 13.5 Å². The SMILES string of the molecule is Cc1cnc2c(c1)nc(N)n2-c1ccc(OC(F)F)cc1. The summed E-state index contributed by atoms with van der Waals surface area (Å²) in [5.74, 6) is 0.367. The monoisotopic (exact) mass is 290 g/mol.